The number of imidazole rings is 1. The van der Waals surface area contributed by atoms with Crippen molar-refractivity contribution in [2.75, 3.05) is 5.73 Å². The maximum absolute atomic E-state index is 5.96. The molecule has 0 aliphatic heterocycles. The molecule has 102 valence electrons. The maximum atomic E-state index is 5.96. The van der Waals surface area contributed by atoms with E-state index in [0.29, 0.717) is 5.82 Å². The van der Waals surface area contributed by atoms with Gasteiger partial charge in [-0.05, 0) is 31.9 Å². The van der Waals surface area contributed by atoms with Gasteiger partial charge in [0.2, 0.25) is 0 Å². The highest BCUT2D eigenvalue weighted by Gasteiger charge is 2.11. The Balaban J connectivity index is 1.97. The first-order valence-electron chi connectivity index (χ1n) is 6.79. The summed E-state index contributed by atoms with van der Waals surface area (Å²) in [7, 11) is 0. The molecule has 3 rings (SSSR count). The van der Waals surface area contributed by atoms with Gasteiger partial charge in [-0.3, -0.25) is 0 Å². The van der Waals surface area contributed by atoms with Gasteiger partial charge in [0.05, 0.1) is 5.52 Å². The zero-order valence-corrected chi connectivity index (χ0v) is 11.8. The molecule has 0 atom stereocenters. The second kappa shape index (κ2) is 4.96. The number of fused-ring (bicyclic) bond motifs is 1. The summed E-state index contributed by atoms with van der Waals surface area (Å²) in [6.07, 6.45) is 0.981. The Bertz CT molecular complexity index is 744. The van der Waals surface area contributed by atoms with Crippen molar-refractivity contribution in [2.45, 2.75) is 26.8 Å². The average molecular weight is 266 g/mol. The molecule has 4 heteroatoms. The van der Waals surface area contributed by atoms with Crippen LogP contribution in [0.1, 0.15) is 17.1 Å². The Morgan fingerprint density at radius 2 is 1.85 bits per heavy atom. The molecule has 4 nitrogen and oxygen atoms in total. The van der Waals surface area contributed by atoms with E-state index in [1.165, 1.54) is 5.56 Å². The van der Waals surface area contributed by atoms with Gasteiger partial charge in [-0.25, -0.2) is 9.97 Å². The topological polar surface area (TPSA) is 56.7 Å². The Morgan fingerprint density at radius 3 is 2.60 bits per heavy atom. The molecule has 2 aromatic heterocycles. The van der Waals surface area contributed by atoms with E-state index in [9.17, 15) is 0 Å². The summed E-state index contributed by atoms with van der Waals surface area (Å²) in [6.45, 7) is 4.87. The lowest BCUT2D eigenvalue weighted by Crippen LogP contribution is -2.04. The molecule has 0 radical (unpaired) electrons. The Kier molecular flexibility index (Phi) is 3.14. The van der Waals surface area contributed by atoms with Gasteiger partial charge in [0.15, 0.2) is 5.82 Å². The van der Waals surface area contributed by atoms with E-state index in [1.807, 2.05) is 19.9 Å². The van der Waals surface area contributed by atoms with Crippen molar-refractivity contribution >= 4 is 16.9 Å². The largest absolute Gasteiger partial charge is 0.382 e. The SMILES string of the molecule is Cc1cc2c(nc(C)n2CCc2ccccc2)c(N)n1. The molecule has 0 amide bonds. The van der Waals surface area contributed by atoms with E-state index < -0.39 is 0 Å². The first-order chi connectivity index (χ1) is 9.65. The lowest BCUT2D eigenvalue weighted by atomic mass is 10.1. The molecule has 0 aliphatic carbocycles. The van der Waals surface area contributed by atoms with Crippen LogP contribution in [-0.2, 0) is 13.0 Å². The molecule has 0 saturated heterocycles. The third-order valence-corrected chi connectivity index (χ3v) is 3.55. The Hall–Kier alpha value is -2.36. The van der Waals surface area contributed by atoms with Gasteiger partial charge in [-0.2, -0.15) is 0 Å². The standard InChI is InChI=1S/C16H18N4/c1-11-10-14-15(16(17)18-11)19-12(2)20(14)9-8-13-6-4-3-5-7-13/h3-7,10H,8-9H2,1-2H3,(H2,17,18). The number of hydrogen-bond donors (Lipinski definition) is 1. The number of nitrogen functional groups attached to an aromatic ring is 1. The Morgan fingerprint density at radius 1 is 1.10 bits per heavy atom. The van der Waals surface area contributed by atoms with Crippen LogP contribution in [0.2, 0.25) is 0 Å². The fraction of sp³-hybridized carbons (Fsp3) is 0.250. The van der Waals surface area contributed by atoms with Crippen LogP contribution in [0.5, 0.6) is 0 Å². The van der Waals surface area contributed by atoms with Crippen LogP contribution in [-0.4, -0.2) is 14.5 Å². The fourth-order valence-electron chi connectivity index (χ4n) is 2.56. The average Bonchev–Trinajstić information content (AvgIpc) is 2.74. The lowest BCUT2D eigenvalue weighted by Gasteiger charge is -2.07. The van der Waals surface area contributed by atoms with Gasteiger partial charge >= 0.3 is 0 Å². The summed E-state index contributed by atoms with van der Waals surface area (Å²) < 4.78 is 2.22. The summed E-state index contributed by atoms with van der Waals surface area (Å²) in [5.41, 5.74) is 10.1. The normalized spacial score (nSPS) is 11.1. The van der Waals surface area contributed by atoms with E-state index in [-0.39, 0.29) is 0 Å². The lowest BCUT2D eigenvalue weighted by molar-refractivity contribution is 0.692. The molecular formula is C16H18N4. The summed E-state index contributed by atoms with van der Waals surface area (Å²) in [5, 5.41) is 0. The number of nitrogens with two attached hydrogens (primary N) is 1. The van der Waals surface area contributed by atoms with E-state index in [0.717, 1.165) is 35.5 Å². The number of aromatic nitrogens is 3. The highest BCUT2D eigenvalue weighted by atomic mass is 15.1. The highest BCUT2D eigenvalue weighted by Crippen LogP contribution is 2.21. The van der Waals surface area contributed by atoms with Gasteiger partial charge in [0, 0.05) is 12.2 Å². The van der Waals surface area contributed by atoms with Crippen LogP contribution >= 0.6 is 0 Å². The van der Waals surface area contributed by atoms with Crippen molar-refractivity contribution < 1.29 is 0 Å². The van der Waals surface area contributed by atoms with Crippen LogP contribution in [0.25, 0.3) is 11.0 Å². The van der Waals surface area contributed by atoms with Gasteiger partial charge in [0.1, 0.15) is 11.3 Å². The van der Waals surface area contributed by atoms with Crippen LogP contribution in [0.4, 0.5) is 5.82 Å². The third-order valence-electron chi connectivity index (χ3n) is 3.55. The molecule has 2 heterocycles. The zero-order valence-electron chi connectivity index (χ0n) is 11.8. The number of rotatable bonds is 3. The zero-order chi connectivity index (χ0) is 14.1. The third kappa shape index (κ3) is 2.25. The predicted molar refractivity (Wildman–Crippen MR) is 81.6 cm³/mol. The summed E-state index contributed by atoms with van der Waals surface area (Å²) in [4.78, 5) is 8.82. The number of pyridine rings is 1. The number of hydrogen-bond acceptors (Lipinski definition) is 3. The first kappa shape index (κ1) is 12.7. The monoisotopic (exact) mass is 266 g/mol. The fourth-order valence-corrected chi connectivity index (χ4v) is 2.56. The molecule has 0 fully saturated rings. The Labute approximate surface area is 118 Å². The maximum Gasteiger partial charge on any atom is 0.151 e. The molecule has 0 unspecified atom stereocenters. The van der Waals surface area contributed by atoms with Crippen molar-refractivity contribution in [1.29, 1.82) is 0 Å². The minimum Gasteiger partial charge on any atom is -0.382 e. The molecule has 0 spiro atoms. The van der Waals surface area contributed by atoms with Crippen molar-refractivity contribution in [3.05, 3.63) is 53.5 Å². The van der Waals surface area contributed by atoms with E-state index in [1.54, 1.807) is 0 Å². The molecule has 0 saturated carbocycles. The molecule has 0 bridgehead atoms. The van der Waals surface area contributed by atoms with Crippen LogP contribution < -0.4 is 5.73 Å². The number of benzene rings is 1. The second-order valence-corrected chi connectivity index (χ2v) is 5.06. The van der Waals surface area contributed by atoms with Crippen LogP contribution in [0.3, 0.4) is 0 Å². The molecular weight excluding hydrogens is 248 g/mol. The number of nitrogens with zero attached hydrogens (tertiary/aromatic N) is 3. The van der Waals surface area contributed by atoms with Crippen molar-refractivity contribution in [2.24, 2.45) is 0 Å². The van der Waals surface area contributed by atoms with Gasteiger partial charge in [0.25, 0.3) is 0 Å². The number of anilines is 1. The quantitative estimate of drug-likeness (QED) is 0.793. The second-order valence-electron chi connectivity index (χ2n) is 5.06. The summed E-state index contributed by atoms with van der Waals surface area (Å²) in [5.74, 6) is 1.50. The minimum absolute atomic E-state index is 0.515. The van der Waals surface area contributed by atoms with Crippen molar-refractivity contribution in [3.63, 3.8) is 0 Å². The first-order valence-corrected chi connectivity index (χ1v) is 6.79. The van der Waals surface area contributed by atoms with Gasteiger partial charge < -0.3 is 10.3 Å². The van der Waals surface area contributed by atoms with E-state index >= 15 is 0 Å². The van der Waals surface area contributed by atoms with Crippen molar-refractivity contribution in [3.8, 4) is 0 Å². The van der Waals surface area contributed by atoms with Crippen LogP contribution in [0.15, 0.2) is 36.4 Å². The smallest absolute Gasteiger partial charge is 0.151 e. The summed E-state index contributed by atoms with van der Waals surface area (Å²) in [6, 6.07) is 12.5. The molecule has 20 heavy (non-hydrogen) atoms. The molecule has 2 N–H and O–H groups in total. The van der Waals surface area contributed by atoms with Crippen LogP contribution in [0, 0.1) is 13.8 Å². The van der Waals surface area contributed by atoms with Gasteiger partial charge in [-0.15, -0.1) is 0 Å². The minimum atomic E-state index is 0.515. The van der Waals surface area contributed by atoms with Gasteiger partial charge in [-0.1, -0.05) is 30.3 Å². The van der Waals surface area contributed by atoms with E-state index in [2.05, 4.69) is 44.9 Å². The molecule has 3 aromatic rings. The van der Waals surface area contributed by atoms with E-state index in [4.69, 9.17) is 5.73 Å². The molecule has 1 aromatic carbocycles. The predicted octanol–water partition coefficient (Wildman–Crippen LogP) is 2.87. The molecule has 0 aliphatic rings. The number of aryl methyl sites for hydroxylation is 4. The van der Waals surface area contributed by atoms with Crippen molar-refractivity contribution in [1.82, 2.24) is 14.5 Å². The summed E-state index contributed by atoms with van der Waals surface area (Å²) >= 11 is 0. The highest BCUT2D eigenvalue weighted by molar-refractivity contribution is 5.85.